The van der Waals surface area contributed by atoms with E-state index in [1.807, 2.05) is 37.3 Å². The van der Waals surface area contributed by atoms with Crippen molar-refractivity contribution in [3.8, 4) is 5.75 Å². The summed E-state index contributed by atoms with van der Waals surface area (Å²) in [4.78, 5) is 9.10. The number of rotatable bonds is 5. The number of halogens is 1. The molecule has 0 unspecified atom stereocenters. The summed E-state index contributed by atoms with van der Waals surface area (Å²) < 4.78 is 13.8. The first-order chi connectivity index (χ1) is 13.2. The van der Waals surface area contributed by atoms with E-state index in [9.17, 15) is 9.50 Å². The lowest BCUT2D eigenvalue weighted by Gasteiger charge is -2.37. The Balaban J connectivity index is 1.59. The van der Waals surface area contributed by atoms with Gasteiger partial charge in [0.1, 0.15) is 11.6 Å². The normalized spacial score (nSPS) is 15.1. The summed E-state index contributed by atoms with van der Waals surface area (Å²) in [6, 6.07) is 14.3. The van der Waals surface area contributed by atoms with Gasteiger partial charge in [0.25, 0.3) is 0 Å². The van der Waals surface area contributed by atoms with Crippen LogP contribution < -0.4 is 10.2 Å². The van der Waals surface area contributed by atoms with Gasteiger partial charge in [-0.05, 0) is 37.1 Å². The molecule has 0 atom stereocenters. The van der Waals surface area contributed by atoms with E-state index in [2.05, 4.69) is 20.1 Å². The molecule has 2 N–H and O–H groups in total. The highest BCUT2D eigenvalue weighted by Crippen LogP contribution is 2.27. The summed E-state index contributed by atoms with van der Waals surface area (Å²) in [5.41, 5.74) is 1.57. The molecule has 0 radical (unpaired) electrons. The minimum atomic E-state index is -0.172. The van der Waals surface area contributed by atoms with Gasteiger partial charge in [-0.15, -0.1) is 0 Å². The molecule has 1 aliphatic heterocycles. The van der Waals surface area contributed by atoms with Gasteiger partial charge in [0.2, 0.25) is 0 Å². The first-order valence-electron chi connectivity index (χ1n) is 9.48. The zero-order valence-electron chi connectivity index (χ0n) is 15.7. The molecule has 0 saturated carbocycles. The Hall–Kier alpha value is -2.76. The topological polar surface area (TPSA) is 51.1 Å². The Morgan fingerprint density at radius 1 is 1.07 bits per heavy atom. The van der Waals surface area contributed by atoms with Crippen molar-refractivity contribution in [3.05, 3.63) is 59.9 Å². The largest absolute Gasteiger partial charge is 0.506 e. The van der Waals surface area contributed by atoms with Gasteiger partial charge in [-0.3, -0.25) is 4.99 Å². The maximum Gasteiger partial charge on any atom is 0.194 e. The van der Waals surface area contributed by atoms with Crippen LogP contribution in [0.5, 0.6) is 5.75 Å². The van der Waals surface area contributed by atoms with Crippen LogP contribution in [0.3, 0.4) is 0 Å². The number of nitrogens with zero attached hydrogens (tertiary/aromatic N) is 3. The predicted molar refractivity (Wildman–Crippen MR) is 108 cm³/mol. The van der Waals surface area contributed by atoms with Crippen molar-refractivity contribution in [3.63, 3.8) is 0 Å². The van der Waals surface area contributed by atoms with Crippen LogP contribution in [0.25, 0.3) is 0 Å². The van der Waals surface area contributed by atoms with Crippen molar-refractivity contribution >= 4 is 11.6 Å². The number of hydrogen-bond acceptors (Lipinski definition) is 3. The molecule has 5 nitrogen and oxygen atoms in total. The van der Waals surface area contributed by atoms with Gasteiger partial charge in [0, 0.05) is 39.3 Å². The number of piperazine rings is 1. The third-order valence-electron chi connectivity index (χ3n) is 4.74. The SMILES string of the molecule is CCNC(=NCCc1ccccc1F)N1CCN(c2ccccc2O)CC1. The zero-order chi connectivity index (χ0) is 19.1. The van der Waals surface area contributed by atoms with Gasteiger partial charge in [0.05, 0.1) is 5.69 Å². The fourth-order valence-corrected chi connectivity index (χ4v) is 3.30. The Kier molecular flexibility index (Phi) is 6.52. The predicted octanol–water partition coefficient (Wildman–Crippen LogP) is 2.86. The molecule has 0 amide bonds. The molecule has 0 aliphatic carbocycles. The second kappa shape index (κ2) is 9.26. The van der Waals surface area contributed by atoms with Crippen molar-refractivity contribution in [2.24, 2.45) is 4.99 Å². The molecule has 144 valence electrons. The van der Waals surface area contributed by atoms with Crippen LogP contribution in [-0.2, 0) is 6.42 Å². The number of guanidine groups is 1. The van der Waals surface area contributed by atoms with Crippen LogP contribution in [-0.4, -0.2) is 55.2 Å². The third kappa shape index (κ3) is 4.90. The van der Waals surface area contributed by atoms with E-state index in [1.165, 1.54) is 6.07 Å². The molecule has 1 aliphatic rings. The van der Waals surface area contributed by atoms with Crippen LogP contribution in [0.4, 0.5) is 10.1 Å². The molecular formula is C21H27FN4O. The number of anilines is 1. The van der Waals surface area contributed by atoms with Crippen LogP contribution in [0.2, 0.25) is 0 Å². The summed E-state index contributed by atoms with van der Waals surface area (Å²) >= 11 is 0. The molecule has 1 heterocycles. The smallest absolute Gasteiger partial charge is 0.194 e. The number of phenolic OH excluding ortho intramolecular Hbond substituents is 1. The highest BCUT2D eigenvalue weighted by atomic mass is 19.1. The maximum absolute atomic E-state index is 13.8. The summed E-state index contributed by atoms with van der Waals surface area (Å²) in [7, 11) is 0. The van der Waals surface area contributed by atoms with E-state index in [0.717, 1.165) is 44.4 Å². The maximum atomic E-state index is 13.8. The van der Waals surface area contributed by atoms with Crippen molar-refractivity contribution < 1.29 is 9.50 Å². The summed E-state index contributed by atoms with van der Waals surface area (Å²) in [5, 5.41) is 13.4. The van der Waals surface area contributed by atoms with Crippen LogP contribution >= 0.6 is 0 Å². The van der Waals surface area contributed by atoms with Gasteiger partial charge in [-0.1, -0.05) is 30.3 Å². The monoisotopic (exact) mass is 370 g/mol. The first kappa shape index (κ1) is 19.0. The van der Waals surface area contributed by atoms with Crippen molar-refractivity contribution in [2.75, 3.05) is 44.2 Å². The van der Waals surface area contributed by atoms with Crippen LogP contribution in [0, 0.1) is 5.82 Å². The molecular weight excluding hydrogens is 343 g/mol. The molecule has 0 aromatic heterocycles. The molecule has 1 fully saturated rings. The Morgan fingerprint density at radius 2 is 1.78 bits per heavy atom. The Morgan fingerprint density at radius 3 is 2.48 bits per heavy atom. The number of para-hydroxylation sites is 2. The number of benzene rings is 2. The summed E-state index contributed by atoms with van der Waals surface area (Å²) in [6.07, 6.45) is 0.583. The van der Waals surface area contributed by atoms with Crippen molar-refractivity contribution in [2.45, 2.75) is 13.3 Å². The van der Waals surface area contributed by atoms with E-state index in [0.29, 0.717) is 24.3 Å². The van der Waals surface area contributed by atoms with E-state index in [4.69, 9.17) is 0 Å². The van der Waals surface area contributed by atoms with Crippen molar-refractivity contribution in [1.82, 2.24) is 10.2 Å². The number of phenols is 1. The first-order valence-corrected chi connectivity index (χ1v) is 9.48. The van der Waals surface area contributed by atoms with E-state index in [-0.39, 0.29) is 5.82 Å². The molecule has 2 aromatic rings. The molecule has 0 bridgehead atoms. The van der Waals surface area contributed by atoms with E-state index >= 15 is 0 Å². The number of hydrogen-bond donors (Lipinski definition) is 2. The third-order valence-corrected chi connectivity index (χ3v) is 4.74. The molecule has 27 heavy (non-hydrogen) atoms. The van der Waals surface area contributed by atoms with Crippen LogP contribution in [0.15, 0.2) is 53.5 Å². The second-order valence-electron chi connectivity index (χ2n) is 6.54. The zero-order valence-corrected chi connectivity index (χ0v) is 15.7. The van der Waals surface area contributed by atoms with Gasteiger partial charge >= 0.3 is 0 Å². The average Bonchev–Trinajstić information content (AvgIpc) is 2.69. The Bertz CT molecular complexity index is 772. The Labute approximate surface area is 160 Å². The lowest BCUT2D eigenvalue weighted by molar-refractivity contribution is 0.370. The highest BCUT2D eigenvalue weighted by molar-refractivity contribution is 5.80. The average molecular weight is 370 g/mol. The molecule has 1 saturated heterocycles. The number of aliphatic imine (C=N–C) groups is 1. The van der Waals surface area contributed by atoms with E-state index < -0.39 is 0 Å². The molecule has 3 rings (SSSR count). The number of nitrogens with one attached hydrogen (secondary N) is 1. The minimum Gasteiger partial charge on any atom is -0.506 e. The summed E-state index contributed by atoms with van der Waals surface area (Å²) in [6.45, 7) is 6.65. The van der Waals surface area contributed by atoms with Gasteiger partial charge in [-0.2, -0.15) is 0 Å². The van der Waals surface area contributed by atoms with Crippen LogP contribution in [0.1, 0.15) is 12.5 Å². The fraction of sp³-hybridized carbons (Fsp3) is 0.381. The highest BCUT2D eigenvalue weighted by Gasteiger charge is 2.21. The summed E-state index contributed by atoms with van der Waals surface area (Å²) in [5.74, 6) is 1.01. The minimum absolute atomic E-state index is 0.172. The molecule has 2 aromatic carbocycles. The van der Waals surface area contributed by atoms with Gasteiger partial charge in [-0.25, -0.2) is 4.39 Å². The second-order valence-corrected chi connectivity index (χ2v) is 6.54. The lowest BCUT2D eigenvalue weighted by Crippen LogP contribution is -2.52. The molecule has 0 spiro atoms. The van der Waals surface area contributed by atoms with Gasteiger partial charge < -0.3 is 20.2 Å². The standard InChI is InChI=1S/C21H27FN4O/c1-2-23-21(24-12-11-17-7-3-4-8-18(17)22)26-15-13-25(14-16-26)19-9-5-6-10-20(19)27/h3-10,27H,2,11-16H2,1H3,(H,23,24). The number of aromatic hydroxyl groups is 1. The lowest BCUT2D eigenvalue weighted by atomic mass is 10.1. The van der Waals surface area contributed by atoms with Gasteiger partial charge in [0.15, 0.2) is 5.96 Å². The fourth-order valence-electron chi connectivity index (χ4n) is 3.30. The van der Waals surface area contributed by atoms with Crippen molar-refractivity contribution in [1.29, 1.82) is 0 Å². The van der Waals surface area contributed by atoms with E-state index in [1.54, 1.807) is 12.1 Å². The quantitative estimate of drug-likeness (QED) is 0.628. The molecule has 6 heteroatoms.